The number of fused-ring (bicyclic) bond motifs is 1. The number of nitrogen functional groups attached to an aromatic ring is 1. The maximum atomic E-state index is 5.89. The molecule has 0 fully saturated rings. The summed E-state index contributed by atoms with van der Waals surface area (Å²) >= 11 is 0. The van der Waals surface area contributed by atoms with E-state index in [1.165, 1.54) is 6.33 Å². The van der Waals surface area contributed by atoms with Crippen molar-refractivity contribution in [2.75, 3.05) is 5.73 Å². The SMILES string of the molecule is CCCc1nn(-c2ccncn2)c2n[nH]c(N)c12. The van der Waals surface area contributed by atoms with Crippen molar-refractivity contribution in [2.45, 2.75) is 19.8 Å². The summed E-state index contributed by atoms with van der Waals surface area (Å²) in [6.07, 6.45) is 5.02. The van der Waals surface area contributed by atoms with Crippen LogP contribution in [0.2, 0.25) is 0 Å². The first-order valence-corrected chi connectivity index (χ1v) is 5.79. The summed E-state index contributed by atoms with van der Waals surface area (Å²) in [6, 6.07) is 1.78. The maximum Gasteiger partial charge on any atom is 0.188 e. The zero-order valence-electron chi connectivity index (χ0n) is 9.96. The third-order valence-corrected chi connectivity index (χ3v) is 2.76. The lowest BCUT2D eigenvalue weighted by atomic mass is 10.2. The Hall–Kier alpha value is -2.44. The lowest BCUT2D eigenvalue weighted by Gasteiger charge is -1.98. The molecular formula is C11H13N7. The van der Waals surface area contributed by atoms with E-state index in [4.69, 9.17) is 5.73 Å². The monoisotopic (exact) mass is 243 g/mol. The van der Waals surface area contributed by atoms with Crippen molar-refractivity contribution < 1.29 is 0 Å². The molecule has 3 N–H and O–H groups in total. The molecule has 7 heteroatoms. The quantitative estimate of drug-likeness (QED) is 0.717. The van der Waals surface area contributed by atoms with Gasteiger partial charge in [-0.2, -0.15) is 14.9 Å². The lowest BCUT2D eigenvalue weighted by molar-refractivity contribution is 0.791. The highest BCUT2D eigenvalue weighted by Crippen LogP contribution is 2.24. The lowest BCUT2D eigenvalue weighted by Crippen LogP contribution is -2.01. The van der Waals surface area contributed by atoms with Gasteiger partial charge in [0.25, 0.3) is 0 Å². The fourth-order valence-corrected chi connectivity index (χ4v) is 1.98. The van der Waals surface area contributed by atoms with E-state index in [1.807, 2.05) is 0 Å². The predicted molar refractivity (Wildman–Crippen MR) is 67.2 cm³/mol. The van der Waals surface area contributed by atoms with Crippen molar-refractivity contribution in [3.63, 3.8) is 0 Å². The van der Waals surface area contributed by atoms with E-state index in [9.17, 15) is 0 Å². The number of nitrogens with zero attached hydrogens (tertiary/aromatic N) is 5. The Bertz CT molecular complexity index is 667. The molecule has 0 saturated carbocycles. The number of nitrogens with one attached hydrogen (secondary N) is 1. The predicted octanol–water partition coefficient (Wildman–Crippen LogP) is 1.07. The molecule has 92 valence electrons. The summed E-state index contributed by atoms with van der Waals surface area (Å²) in [4.78, 5) is 8.07. The Labute approximate surface area is 103 Å². The topological polar surface area (TPSA) is 98.3 Å². The summed E-state index contributed by atoms with van der Waals surface area (Å²) in [5, 5.41) is 12.4. The van der Waals surface area contributed by atoms with Crippen LogP contribution in [0.5, 0.6) is 0 Å². The molecule has 0 atom stereocenters. The normalized spacial score (nSPS) is 11.2. The number of hydrogen-bond donors (Lipinski definition) is 2. The van der Waals surface area contributed by atoms with E-state index >= 15 is 0 Å². The fraction of sp³-hybridized carbons (Fsp3) is 0.273. The van der Waals surface area contributed by atoms with Gasteiger partial charge >= 0.3 is 0 Å². The molecule has 3 heterocycles. The molecule has 18 heavy (non-hydrogen) atoms. The fourth-order valence-electron chi connectivity index (χ4n) is 1.98. The smallest absolute Gasteiger partial charge is 0.188 e. The molecule has 0 aliphatic rings. The number of hydrogen-bond acceptors (Lipinski definition) is 5. The Morgan fingerprint density at radius 2 is 2.33 bits per heavy atom. The molecule has 0 radical (unpaired) electrons. The summed E-state index contributed by atoms with van der Waals surface area (Å²) < 4.78 is 1.69. The molecule has 0 aromatic carbocycles. The average molecular weight is 243 g/mol. The van der Waals surface area contributed by atoms with Gasteiger partial charge < -0.3 is 5.73 Å². The highest BCUT2D eigenvalue weighted by atomic mass is 15.4. The Morgan fingerprint density at radius 3 is 3.06 bits per heavy atom. The van der Waals surface area contributed by atoms with Crippen molar-refractivity contribution in [1.82, 2.24) is 29.9 Å². The molecular weight excluding hydrogens is 230 g/mol. The van der Waals surface area contributed by atoms with Gasteiger partial charge in [-0.25, -0.2) is 9.97 Å². The van der Waals surface area contributed by atoms with Gasteiger partial charge in [-0.05, 0) is 6.42 Å². The minimum atomic E-state index is 0.550. The molecule has 7 nitrogen and oxygen atoms in total. The van der Waals surface area contributed by atoms with E-state index < -0.39 is 0 Å². The standard InChI is InChI=1S/C11H13N7/c1-2-3-7-9-10(12)15-16-11(9)18(17-7)8-4-5-13-6-14-8/h4-6H,2-3H2,1H3,(H3,12,15,16). The van der Waals surface area contributed by atoms with Crippen LogP contribution in [0.4, 0.5) is 5.82 Å². The molecule has 0 spiro atoms. The van der Waals surface area contributed by atoms with Crippen LogP contribution >= 0.6 is 0 Å². The molecule has 3 aromatic rings. The highest BCUT2D eigenvalue weighted by molar-refractivity contribution is 5.89. The van der Waals surface area contributed by atoms with Gasteiger partial charge in [-0.1, -0.05) is 13.3 Å². The largest absolute Gasteiger partial charge is 0.383 e. The van der Waals surface area contributed by atoms with Crippen molar-refractivity contribution >= 4 is 16.9 Å². The van der Waals surface area contributed by atoms with Gasteiger partial charge in [0.15, 0.2) is 11.5 Å². The average Bonchev–Trinajstić information content (AvgIpc) is 2.94. The number of aromatic nitrogens is 6. The third-order valence-electron chi connectivity index (χ3n) is 2.76. The van der Waals surface area contributed by atoms with Gasteiger partial charge in [-0.3, -0.25) is 5.10 Å². The summed E-state index contributed by atoms with van der Waals surface area (Å²) in [7, 11) is 0. The van der Waals surface area contributed by atoms with Crippen molar-refractivity contribution in [1.29, 1.82) is 0 Å². The molecule has 0 amide bonds. The van der Waals surface area contributed by atoms with E-state index in [0.717, 1.165) is 23.9 Å². The van der Waals surface area contributed by atoms with Gasteiger partial charge in [-0.15, -0.1) is 0 Å². The number of nitrogens with two attached hydrogens (primary N) is 1. The highest BCUT2D eigenvalue weighted by Gasteiger charge is 2.17. The van der Waals surface area contributed by atoms with E-state index in [1.54, 1.807) is 16.9 Å². The van der Waals surface area contributed by atoms with Crippen LogP contribution in [-0.4, -0.2) is 29.9 Å². The van der Waals surface area contributed by atoms with Crippen LogP contribution < -0.4 is 5.73 Å². The van der Waals surface area contributed by atoms with Crippen LogP contribution in [0.15, 0.2) is 18.6 Å². The van der Waals surface area contributed by atoms with Gasteiger partial charge in [0.2, 0.25) is 0 Å². The number of H-pyrrole nitrogens is 1. The third kappa shape index (κ3) is 1.52. The first-order chi connectivity index (χ1) is 8.81. The Morgan fingerprint density at radius 1 is 1.44 bits per heavy atom. The Kier molecular flexibility index (Phi) is 2.44. The number of anilines is 1. The molecule has 0 aliphatic heterocycles. The van der Waals surface area contributed by atoms with Crippen LogP contribution in [0.25, 0.3) is 16.9 Å². The zero-order chi connectivity index (χ0) is 12.5. The van der Waals surface area contributed by atoms with Gasteiger partial charge in [0, 0.05) is 12.3 Å². The zero-order valence-corrected chi connectivity index (χ0v) is 9.96. The number of rotatable bonds is 3. The minimum absolute atomic E-state index is 0.550. The summed E-state index contributed by atoms with van der Waals surface area (Å²) in [5.41, 5.74) is 7.54. The van der Waals surface area contributed by atoms with E-state index in [-0.39, 0.29) is 0 Å². The van der Waals surface area contributed by atoms with E-state index in [2.05, 4.69) is 32.2 Å². The molecule has 0 unspecified atom stereocenters. The molecule has 3 aromatic heterocycles. The summed E-state index contributed by atoms with van der Waals surface area (Å²) in [6.45, 7) is 2.10. The first-order valence-electron chi connectivity index (χ1n) is 5.79. The first kappa shape index (κ1) is 10.7. The second kappa shape index (κ2) is 4.10. The van der Waals surface area contributed by atoms with Crippen LogP contribution in [0.1, 0.15) is 19.0 Å². The van der Waals surface area contributed by atoms with Crippen LogP contribution in [0, 0.1) is 0 Å². The van der Waals surface area contributed by atoms with Crippen LogP contribution in [0.3, 0.4) is 0 Å². The Balaban J connectivity index is 2.24. The second-order valence-corrected chi connectivity index (χ2v) is 4.01. The maximum absolute atomic E-state index is 5.89. The van der Waals surface area contributed by atoms with Crippen molar-refractivity contribution in [3.8, 4) is 5.82 Å². The van der Waals surface area contributed by atoms with E-state index in [0.29, 0.717) is 17.3 Å². The minimum Gasteiger partial charge on any atom is -0.383 e. The molecule has 3 rings (SSSR count). The number of aryl methyl sites for hydroxylation is 1. The number of aromatic amines is 1. The molecule has 0 bridgehead atoms. The second-order valence-electron chi connectivity index (χ2n) is 4.01. The van der Waals surface area contributed by atoms with Crippen molar-refractivity contribution in [3.05, 3.63) is 24.3 Å². The summed E-state index contributed by atoms with van der Waals surface area (Å²) in [5.74, 6) is 1.23. The van der Waals surface area contributed by atoms with Gasteiger partial charge in [0.1, 0.15) is 12.1 Å². The van der Waals surface area contributed by atoms with Crippen molar-refractivity contribution in [2.24, 2.45) is 0 Å². The van der Waals surface area contributed by atoms with Crippen LogP contribution in [-0.2, 0) is 6.42 Å². The molecule has 0 saturated heterocycles. The van der Waals surface area contributed by atoms with Gasteiger partial charge in [0.05, 0.1) is 11.1 Å². The molecule has 0 aliphatic carbocycles.